The number of aliphatic hydroxyl groups excluding tert-OH is 1. The lowest BCUT2D eigenvalue weighted by Gasteiger charge is -2.00. The van der Waals surface area contributed by atoms with E-state index in [2.05, 4.69) is 0 Å². The Morgan fingerprint density at radius 3 is 1.69 bits per heavy atom. The highest BCUT2D eigenvalue weighted by atomic mass is 16.2. The van der Waals surface area contributed by atoms with Crippen LogP contribution in [0.2, 0.25) is 0 Å². The Labute approximate surface area is 82.9 Å². The highest BCUT2D eigenvalue weighted by Crippen LogP contribution is 2.09. The minimum Gasteiger partial charge on any atom is -0.396 e. The summed E-state index contributed by atoms with van der Waals surface area (Å²) >= 11 is 0. The molecule has 0 saturated heterocycles. The van der Waals surface area contributed by atoms with Crippen LogP contribution in [-0.4, -0.2) is 11.7 Å². The molecule has 0 saturated carbocycles. The van der Waals surface area contributed by atoms with Gasteiger partial charge in [0.05, 0.1) is 0 Å². The highest BCUT2D eigenvalue weighted by Gasteiger charge is 1.90. The molecule has 0 rings (SSSR count). The topological polar surface area (TPSA) is 20.2 Å². The molecule has 0 bridgehead atoms. The van der Waals surface area contributed by atoms with Gasteiger partial charge in [-0.1, -0.05) is 51.2 Å². The second kappa shape index (κ2) is 11.7. The Morgan fingerprint density at radius 2 is 1.23 bits per heavy atom. The first kappa shape index (κ1) is 12.7. The molecule has 1 N–H and O–H groups in total. The van der Waals surface area contributed by atoms with E-state index in [1.807, 2.05) is 0 Å². The second-order valence-electron chi connectivity index (χ2n) is 3.58. The molecule has 0 aliphatic rings. The summed E-state index contributed by atoms with van der Waals surface area (Å²) in [6.07, 6.45) is 12.8. The zero-order valence-corrected chi connectivity index (χ0v) is 8.67. The van der Waals surface area contributed by atoms with Crippen LogP contribution in [0, 0.1) is 6.58 Å². The first-order valence-electron chi connectivity index (χ1n) is 5.56. The molecule has 0 fully saturated rings. The minimum absolute atomic E-state index is 0.354. The van der Waals surface area contributed by atoms with E-state index in [4.69, 9.17) is 11.7 Å². The molecule has 0 spiro atoms. The summed E-state index contributed by atoms with van der Waals surface area (Å²) in [5.74, 6) is 0. The largest absolute Gasteiger partial charge is 0.396 e. The smallest absolute Gasteiger partial charge is 0.0431 e. The molecule has 0 aromatic rings. The summed E-state index contributed by atoms with van der Waals surface area (Å²) in [6, 6.07) is 0. The Hall–Kier alpha value is -0.300. The molecule has 1 heteroatoms. The number of aliphatic hydroxyl groups is 1. The monoisotopic (exact) mass is 183 g/mol. The summed E-state index contributed by atoms with van der Waals surface area (Å²) < 4.78 is 0. The van der Waals surface area contributed by atoms with Crippen LogP contribution in [-0.2, 0) is 0 Å². The van der Waals surface area contributed by atoms with Gasteiger partial charge in [0.15, 0.2) is 0 Å². The van der Waals surface area contributed by atoms with Gasteiger partial charge in [-0.3, -0.25) is 0 Å². The molecule has 77 valence electrons. The van der Waals surface area contributed by atoms with Gasteiger partial charge < -0.3 is 5.11 Å². The van der Waals surface area contributed by atoms with Crippen molar-refractivity contribution in [3.63, 3.8) is 0 Å². The molecular formula is C12H23O. The van der Waals surface area contributed by atoms with E-state index < -0.39 is 0 Å². The summed E-state index contributed by atoms with van der Waals surface area (Å²) in [7, 11) is 0. The first-order valence-corrected chi connectivity index (χ1v) is 5.56. The van der Waals surface area contributed by atoms with Crippen molar-refractivity contribution in [2.45, 2.75) is 57.8 Å². The Kier molecular flexibility index (Phi) is 11.4. The molecule has 0 aliphatic carbocycles. The van der Waals surface area contributed by atoms with Crippen LogP contribution >= 0.6 is 0 Å². The van der Waals surface area contributed by atoms with Crippen LogP contribution in [0.15, 0.2) is 6.08 Å². The maximum atomic E-state index is 8.55. The van der Waals surface area contributed by atoms with E-state index in [9.17, 15) is 0 Å². The minimum atomic E-state index is 0.354. The molecule has 0 aliphatic heterocycles. The van der Waals surface area contributed by atoms with E-state index in [-0.39, 0.29) is 0 Å². The van der Waals surface area contributed by atoms with E-state index >= 15 is 0 Å². The molecule has 0 atom stereocenters. The third kappa shape index (κ3) is 11.7. The zero-order valence-electron chi connectivity index (χ0n) is 8.67. The van der Waals surface area contributed by atoms with Crippen molar-refractivity contribution >= 4 is 0 Å². The highest BCUT2D eigenvalue weighted by molar-refractivity contribution is 4.61. The Balaban J connectivity index is 2.79. The van der Waals surface area contributed by atoms with Crippen LogP contribution in [0.3, 0.4) is 0 Å². The van der Waals surface area contributed by atoms with Crippen molar-refractivity contribution in [2.24, 2.45) is 0 Å². The fourth-order valence-corrected chi connectivity index (χ4v) is 1.43. The third-order valence-corrected chi connectivity index (χ3v) is 2.28. The summed E-state index contributed by atoms with van der Waals surface area (Å²) in [5, 5.41) is 8.55. The van der Waals surface area contributed by atoms with Crippen LogP contribution in [0.5, 0.6) is 0 Å². The lowest BCUT2D eigenvalue weighted by Crippen LogP contribution is -1.84. The fraction of sp³-hybridized carbons (Fsp3) is 0.833. The molecule has 1 nitrogen and oxygen atoms in total. The van der Waals surface area contributed by atoms with Crippen molar-refractivity contribution in [3.8, 4) is 0 Å². The number of rotatable bonds is 10. The van der Waals surface area contributed by atoms with Crippen LogP contribution in [0.25, 0.3) is 0 Å². The second-order valence-corrected chi connectivity index (χ2v) is 3.58. The van der Waals surface area contributed by atoms with Crippen LogP contribution in [0.4, 0.5) is 0 Å². The Bertz CT molecular complexity index is 99.3. The van der Waals surface area contributed by atoms with Gasteiger partial charge in [-0.15, -0.1) is 0 Å². The van der Waals surface area contributed by atoms with Crippen molar-refractivity contribution in [1.82, 2.24) is 0 Å². The van der Waals surface area contributed by atoms with Gasteiger partial charge in [-0.25, -0.2) is 0 Å². The average molecular weight is 183 g/mol. The molecule has 0 heterocycles. The van der Waals surface area contributed by atoms with Crippen molar-refractivity contribution in [2.75, 3.05) is 6.61 Å². The number of allylic oxidation sites excluding steroid dienone is 1. The average Bonchev–Trinajstić information content (AvgIpc) is 2.16. The number of unbranched alkanes of at least 4 members (excludes halogenated alkanes) is 8. The molecule has 0 aromatic carbocycles. The fourth-order valence-electron chi connectivity index (χ4n) is 1.43. The van der Waals surface area contributed by atoms with Crippen molar-refractivity contribution in [1.29, 1.82) is 0 Å². The van der Waals surface area contributed by atoms with Gasteiger partial charge in [0.2, 0.25) is 0 Å². The van der Waals surface area contributed by atoms with Crippen molar-refractivity contribution < 1.29 is 5.11 Å². The van der Waals surface area contributed by atoms with Crippen molar-refractivity contribution in [3.05, 3.63) is 12.7 Å². The van der Waals surface area contributed by atoms with Crippen LogP contribution in [0.1, 0.15) is 57.8 Å². The quantitative estimate of drug-likeness (QED) is 0.514. The first-order chi connectivity index (χ1) is 6.41. The van der Waals surface area contributed by atoms with Gasteiger partial charge in [0, 0.05) is 6.61 Å². The standard InChI is InChI=1S/C12H23O/c1-2-3-4-5-6-7-8-9-10-11-12-13/h1-2,13H,3-12H2. The Morgan fingerprint density at radius 1 is 0.769 bits per heavy atom. The van der Waals surface area contributed by atoms with Gasteiger partial charge >= 0.3 is 0 Å². The molecule has 13 heavy (non-hydrogen) atoms. The predicted octanol–water partition coefficient (Wildman–Crippen LogP) is 3.48. The summed E-state index contributed by atoms with van der Waals surface area (Å²) in [4.78, 5) is 0. The summed E-state index contributed by atoms with van der Waals surface area (Å²) in [5.41, 5.74) is 0. The zero-order chi connectivity index (χ0) is 9.78. The third-order valence-electron chi connectivity index (χ3n) is 2.28. The number of hydrogen-bond acceptors (Lipinski definition) is 1. The molecule has 0 amide bonds. The molecular weight excluding hydrogens is 160 g/mol. The maximum absolute atomic E-state index is 8.55. The van der Waals surface area contributed by atoms with Gasteiger partial charge in [0.1, 0.15) is 0 Å². The predicted molar refractivity (Wildman–Crippen MR) is 57.5 cm³/mol. The maximum Gasteiger partial charge on any atom is 0.0431 e. The van der Waals surface area contributed by atoms with E-state index in [0.29, 0.717) is 6.61 Å². The van der Waals surface area contributed by atoms with Gasteiger partial charge in [-0.2, -0.15) is 0 Å². The SMILES string of the molecule is [CH]=CCCCCCCCCCCO. The van der Waals surface area contributed by atoms with E-state index in [1.54, 1.807) is 6.08 Å². The van der Waals surface area contributed by atoms with E-state index in [1.165, 1.54) is 44.9 Å². The lowest BCUT2D eigenvalue weighted by atomic mass is 10.1. The summed E-state index contributed by atoms with van der Waals surface area (Å²) in [6.45, 7) is 5.63. The number of hydrogen-bond donors (Lipinski definition) is 1. The van der Waals surface area contributed by atoms with E-state index in [0.717, 1.165) is 12.8 Å². The molecule has 0 aromatic heterocycles. The molecule has 1 radical (unpaired) electrons. The van der Waals surface area contributed by atoms with Gasteiger partial charge in [-0.05, 0) is 19.3 Å². The lowest BCUT2D eigenvalue weighted by molar-refractivity contribution is 0.282. The van der Waals surface area contributed by atoms with Gasteiger partial charge in [0.25, 0.3) is 0 Å². The normalized spacial score (nSPS) is 10.2. The molecule has 0 unspecified atom stereocenters. The van der Waals surface area contributed by atoms with Crippen LogP contribution < -0.4 is 0 Å².